The maximum atomic E-state index is 12.5. The Balaban J connectivity index is 2.23. The topological polar surface area (TPSA) is 66.5 Å². The standard InChI is InChI=1S/C12H18N2O3S/c1-8(18-2)7-14-10(16)12(5-3-4-6-12)9(15)13-11(14)17/h8H,3-7H2,1-2H3,(H,13,15,17). The Kier molecular flexibility index (Phi) is 3.66. The van der Waals surface area contributed by atoms with Gasteiger partial charge in [-0.05, 0) is 19.1 Å². The highest BCUT2D eigenvalue weighted by Gasteiger charge is 2.54. The molecular formula is C12H18N2O3S. The molecule has 4 amide bonds. The van der Waals surface area contributed by atoms with Gasteiger partial charge >= 0.3 is 6.03 Å². The second kappa shape index (κ2) is 4.91. The van der Waals surface area contributed by atoms with E-state index in [9.17, 15) is 14.4 Å². The van der Waals surface area contributed by atoms with Gasteiger partial charge in [-0.1, -0.05) is 19.8 Å². The van der Waals surface area contributed by atoms with Crippen LogP contribution in [0.2, 0.25) is 0 Å². The number of urea groups is 1. The van der Waals surface area contributed by atoms with Gasteiger partial charge in [-0.2, -0.15) is 11.8 Å². The van der Waals surface area contributed by atoms with E-state index in [-0.39, 0.29) is 11.2 Å². The zero-order valence-electron chi connectivity index (χ0n) is 10.7. The highest BCUT2D eigenvalue weighted by molar-refractivity contribution is 7.99. The third kappa shape index (κ3) is 2.02. The van der Waals surface area contributed by atoms with Crippen LogP contribution < -0.4 is 5.32 Å². The zero-order valence-corrected chi connectivity index (χ0v) is 11.5. The summed E-state index contributed by atoms with van der Waals surface area (Å²) in [6, 6.07) is -0.566. The molecule has 1 spiro atoms. The van der Waals surface area contributed by atoms with Gasteiger partial charge < -0.3 is 0 Å². The SMILES string of the molecule is CSC(C)CN1C(=O)NC(=O)C2(CCCC2)C1=O. The Labute approximate surface area is 111 Å². The Morgan fingerprint density at radius 1 is 1.33 bits per heavy atom. The van der Waals surface area contributed by atoms with Crippen LogP contribution in [-0.4, -0.2) is 40.8 Å². The summed E-state index contributed by atoms with van der Waals surface area (Å²) in [7, 11) is 0. The van der Waals surface area contributed by atoms with E-state index >= 15 is 0 Å². The van der Waals surface area contributed by atoms with Crippen LogP contribution in [0.5, 0.6) is 0 Å². The van der Waals surface area contributed by atoms with Gasteiger partial charge in [0.15, 0.2) is 0 Å². The van der Waals surface area contributed by atoms with E-state index < -0.39 is 17.4 Å². The number of thioether (sulfide) groups is 1. The van der Waals surface area contributed by atoms with Gasteiger partial charge in [0.05, 0.1) is 0 Å². The molecule has 2 rings (SSSR count). The molecule has 0 aromatic rings. The van der Waals surface area contributed by atoms with Gasteiger partial charge in [-0.3, -0.25) is 19.8 Å². The van der Waals surface area contributed by atoms with Crippen LogP contribution in [0.1, 0.15) is 32.6 Å². The van der Waals surface area contributed by atoms with Gasteiger partial charge in [0.25, 0.3) is 0 Å². The molecule has 1 unspecified atom stereocenters. The smallest absolute Gasteiger partial charge is 0.277 e. The highest BCUT2D eigenvalue weighted by atomic mass is 32.2. The van der Waals surface area contributed by atoms with E-state index in [4.69, 9.17) is 0 Å². The monoisotopic (exact) mass is 270 g/mol. The molecule has 1 heterocycles. The van der Waals surface area contributed by atoms with Crippen LogP contribution in [0.25, 0.3) is 0 Å². The van der Waals surface area contributed by atoms with Gasteiger partial charge in [0.2, 0.25) is 11.8 Å². The first kappa shape index (κ1) is 13.4. The molecule has 100 valence electrons. The average molecular weight is 270 g/mol. The second-order valence-electron chi connectivity index (χ2n) is 5.01. The van der Waals surface area contributed by atoms with E-state index in [1.54, 1.807) is 11.8 Å². The minimum atomic E-state index is -0.966. The van der Waals surface area contributed by atoms with Gasteiger partial charge in [-0.25, -0.2) is 4.79 Å². The number of rotatable bonds is 3. The molecule has 1 aliphatic carbocycles. The quantitative estimate of drug-likeness (QED) is 0.787. The maximum Gasteiger partial charge on any atom is 0.330 e. The van der Waals surface area contributed by atoms with Crippen LogP contribution in [0, 0.1) is 5.41 Å². The normalized spacial score (nSPS) is 24.6. The van der Waals surface area contributed by atoms with Crippen LogP contribution in [0.3, 0.4) is 0 Å². The molecule has 1 saturated carbocycles. The van der Waals surface area contributed by atoms with Crippen LogP contribution in [0.4, 0.5) is 4.79 Å². The fourth-order valence-corrected chi connectivity index (χ4v) is 2.95. The molecule has 1 aliphatic heterocycles. The number of carbonyl (C=O) groups is 3. The first-order chi connectivity index (χ1) is 8.51. The summed E-state index contributed by atoms with van der Waals surface area (Å²) < 4.78 is 0. The van der Waals surface area contributed by atoms with Crippen LogP contribution >= 0.6 is 11.8 Å². The number of barbiturate groups is 1. The molecule has 0 bridgehead atoms. The Morgan fingerprint density at radius 2 is 1.94 bits per heavy atom. The molecule has 2 aliphatic rings. The predicted molar refractivity (Wildman–Crippen MR) is 69.1 cm³/mol. The molecule has 0 aromatic heterocycles. The maximum absolute atomic E-state index is 12.5. The molecule has 5 nitrogen and oxygen atoms in total. The molecule has 1 saturated heterocycles. The number of nitrogens with zero attached hydrogens (tertiary/aromatic N) is 1. The summed E-state index contributed by atoms with van der Waals surface area (Å²) in [5.41, 5.74) is -0.966. The lowest BCUT2D eigenvalue weighted by molar-refractivity contribution is -0.151. The number of carbonyl (C=O) groups excluding carboxylic acids is 3. The average Bonchev–Trinajstić information content (AvgIpc) is 2.83. The van der Waals surface area contributed by atoms with E-state index in [1.165, 1.54) is 4.90 Å². The summed E-state index contributed by atoms with van der Waals surface area (Å²) >= 11 is 1.60. The van der Waals surface area contributed by atoms with E-state index in [0.29, 0.717) is 19.4 Å². The fourth-order valence-electron chi connectivity index (χ4n) is 2.65. The fraction of sp³-hybridized carbons (Fsp3) is 0.750. The summed E-state index contributed by atoms with van der Waals surface area (Å²) in [6.45, 7) is 2.32. The third-order valence-corrected chi connectivity index (χ3v) is 4.81. The first-order valence-electron chi connectivity index (χ1n) is 6.21. The molecule has 0 aromatic carbocycles. The largest absolute Gasteiger partial charge is 0.330 e. The van der Waals surface area contributed by atoms with Crippen molar-refractivity contribution in [2.24, 2.45) is 5.41 Å². The summed E-state index contributed by atoms with van der Waals surface area (Å²) in [4.78, 5) is 37.4. The molecule has 0 radical (unpaired) electrons. The summed E-state index contributed by atoms with van der Waals surface area (Å²) in [5, 5.41) is 2.51. The lowest BCUT2D eigenvalue weighted by Gasteiger charge is -2.37. The number of imide groups is 2. The van der Waals surface area contributed by atoms with Crippen molar-refractivity contribution in [3.63, 3.8) is 0 Å². The minimum absolute atomic E-state index is 0.173. The van der Waals surface area contributed by atoms with Crippen molar-refractivity contribution in [2.75, 3.05) is 12.8 Å². The van der Waals surface area contributed by atoms with Crippen molar-refractivity contribution in [1.29, 1.82) is 0 Å². The number of hydrogen-bond acceptors (Lipinski definition) is 4. The highest BCUT2D eigenvalue weighted by Crippen LogP contribution is 2.41. The van der Waals surface area contributed by atoms with E-state index in [0.717, 1.165) is 12.8 Å². The number of hydrogen-bond donors (Lipinski definition) is 1. The van der Waals surface area contributed by atoms with Crippen LogP contribution in [0.15, 0.2) is 0 Å². The van der Waals surface area contributed by atoms with Gasteiger partial charge in [-0.15, -0.1) is 0 Å². The van der Waals surface area contributed by atoms with E-state index in [2.05, 4.69) is 5.32 Å². The van der Waals surface area contributed by atoms with Crippen LogP contribution in [-0.2, 0) is 9.59 Å². The van der Waals surface area contributed by atoms with Crippen molar-refractivity contribution >= 4 is 29.6 Å². The van der Waals surface area contributed by atoms with Crippen molar-refractivity contribution in [3.05, 3.63) is 0 Å². The number of nitrogens with one attached hydrogen (secondary N) is 1. The Hall–Kier alpha value is -1.04. The Morgan fingerprint density at radius 3 is 2.50 bits per heavy atom. The summed E-state index contributed by atoms with van der Waals surface area (Å²) in [5.74, 6) is -0.697. The Bertz CT molecular complexity index is 391. The molecule has 18 heavy (non-hydrogen) atoms. The predicted octanol–water partition coefficient (Wildman–Crippen LogP) is 1.38. The second-order valence-corrected chi connectivity index (χ2v) is 6.29. The van der Waals surface area contributed by atoms with Gasteiger partial charge in [0, 0.05) is 11.8 Å². The molecule has 1 atom stereocenters. The van der Waals surface area contributed by atoms with Crippen molar-refractivity contribution < 1.29 is 14.4 Å². The molecule has 1 N–H and O–H groups in total. The van der Waals surface area contributed by atoms with Crippen molar-refractivity contribution in [1.82, 2.24) is 10.2 Å². The number of amides is 4. The third-order valence-electron chi connectivity index (χ3n) is 3.85. The molecule has 6 heteroatoms. The lowest BCUT2D eigenvalue weighted by atomic mass is 9.82. The van der Waals surface area contributed by atoms with Crippen molar-refractivity contribution in [3.8, 4) is 0 Å². The summed E-state index contributed by atoms with van der Waals surface area (Å²) in [6.07, 6.45) is 4.82. The first-order valence-corrected chi connectivity index (χ1v) is 7.50. The molecule has 2 fully saturated rings. The minimum Gasteiger partial charge on any atom is -0.277 e. The zero-order chi connectivity index (χ0) is 13.3. The lowest BCUT2D eigenvalue weighted by Crippen LogP contribution is -2.63. The van der Waals surface area contributed by atoms with E-state index in [1.807, 2.05) is 13.2 Å². The van der Waals surface area contributed by atoms with Crippen molar-refractivity contribution in [2.45, 2.75) is 37.9 Å². The van der Waals surface area contributed by atoms with Gasteiger partial charge in [0.1, 0.15) is 5.41 Å². The molecular weight excluding hydrogens is 252 g/mol.